The van der Waals surface area contributed by atoms with Crippen molar-refractivity contribution in [1.29, 1.82) is 0 Å². The van der Waals surface area contributed by atoms with Gasteiger partial charge < -0.3 is 9.88 Å². The van der Waals surface area contributed by atoms with E-state index in [9.17, 15) is 0 Å². The second kappa shape index (κ2) is 5.51. The number of aromatic nitrogens is 3. The fraction of sp³-hybridized carbons (Fsp3) is 0.529. The van der Waals surface area contributed by atoms with Crippen LogP contribution in [0.4, 0.5) is 5.82 Å². The number of nitrogens with zero attached hydrogens (tertiary/aromatic N) is 3. The molecule has 0 saturated heterocycles. The van der Waals surface area contributed by atoms with Crippen LogP contribution in [-0.2, 0) is 0 Å². The van der Waals surface area contributed by atoms with Crippen LogP contribution in [0.15, 0.2) is 30.7 Å². The third kappa shape index (κ3) is 2.55. The van der Waals surface area contributed by atoms with Crippen molar-refractivity contribution in [2.24, 2.45) is 11.8 Å². The van der Waals surface area contributed by atoms with E-state index in [-0.39, 0.29) is 0 Å². The lowest BCUT2D eigenvalue weighted by Gasteiger charge is -2.40. The zero-order valence-corrected chi connectivity index (χ0v) is 13.1. The minimum absolute atomic E-state index is 0.508. The lowest BCUT2D eigenvalue weighted by Crippen LogP contribution is -2.42. The molecule has 1 N–H and O–H groups in total. The molecule has 2 heterocycles. The molecule has 2 aromatic heterocycles. The number of aromatic amines is 1. The van der Waals surface area contributed by atoms with Crippen molar-refractivity contribution >= 4 is 16.9 Å². The Morgan fingerprint density at radius 1 is 1.38 bits per heavy atom. The van der Waals surface area contributed by atoms with Crippen molar-refractivity contribution in [1.82, 2.24) is 15.0 Å². The van der Waals surface area contributed by atoms with E-state index in [1.807, 2.05) is 6.20 Å². The summed E-state index contributed by atoms with van der Waals surface area (Å²) in [4.78, 5) is 14.3. The van der Waals surface area contributed by atoms with Crippen LogP contribution in [0.25, 0.3) is 11.0 Å². The van der Waals surface area contributed by atoms with Gasteiger partial charge in [0.05, 0.1) is 5.39 Å². The Morgan fingerprint density at radius 2 is 2.19 bits per heavy atom. The summed E-state index contributed by atoms with van der Waals surface area (Å²) in [6, 6.07) is 2.57. The van der Waals surface area contributed by atoms with E-state index < -0.39 is 0 Å². The highest BCUT2D eigenvalue weighted by Gasteiger charge is 2.31. The maximum Gasteiger partial charge on any atom is 0.142 e. The summed E-state index contributed by atoms with van der Waals surface area (Å²) in [5.41, 5.74) is 2.22. The zero-order valence-electron chi connectivity index (χ0n) is 13.1. The van der Waals surface area contributed by atoms with Gasteiger partial charge in [0.15, 0.2) is 0 Å². The van der Waals surface area contributed by atoms with Crippen molar-refractivity contribution in [3.05, 3.63) is 30.7 Å². The van der Waals surface area contributed by atoms with Gasteiger partial charge in [0.1, 0.15) is 17.8 Å². The molecule has 1 aliphatic carbocycles. The van der Waals surface area contributed by atoms with E-state index in [0.717, 1.165) is 16.9 Å². The monoisotopic (exact) mass is 284 g/mol. The van der Waals surface area contributed by atoms with Gasteiger partial charge >= 0.3 is 0 Å². The molecule has 0 aliphatic heterocycles. The van der Waals surface area contributed by atoms with E-state index >= 15 is 0 Å². The van der Waals surface area contributed by atoms with Crippen molar-refractivity contribution in [2.45, 2.75) is 39.2 Å². The predicted octanol–water partition coefficient (Wildman–Crippen LogP) is 3.78. The Kier molecular flexibility index (Phi) is 3.70. The lowest BCUT2D eigenvalue weighted by molar-refractivity contribution is 0.270. The van der Waals surface area contributed by atoms with Crippen LogP contribution in [0.5, 0.6) is 0 Å². The highest BCUT2D eigenvalue weighted by Crippen LogP contribution is 2.37. The molecule has 0 bridgehead atoms. The van der Waals surface area contributed by atoms with Crippen LogP contribution in [0.1, 0.15) is 33.1 Å². The number of fused-ring (bicyclic) bond motifs is 1. The summed E-state index contributed by atoms with van der Waals surface area (Å²) in [6.07, 6.45) is 7.27. The van der Waals surface area contributed by atoms with Crippen LogP contribution < -0.4 is 4.90 Å². The second-order valence-electron chi connectivity index (χ2n) is 6.45. The first-order chi connectivity index (χ1) is 10.1. The Labute approximate surface area is 126 Å². The van der Waals surface area contributed by atoms with E-state index in [0.29, 0.717) is 17.9 Å². The number of hydrogen-bond donors (Lipinski definition) is 1. The molecule has 21 heavy (non-hydrogen) atoms. The van der Waals surface area contributed by atoms with Gasteiger partial charge in [-0.1, -0.05) is 19.1 Å². The number of rotatable bonds is 3. The summed E-state index contributed by atoms with van der Waals surface area (Å²) >= 11 is 0. The summed E-state index contributed by atoms with van der Waals surface area (Å²) in [5, 5.41) is 1.10. The molecule has 112 valence electrons. The normalized spacial score (nSPS) is 26.0. The minimum Gasteiger partial charge on any atom is -0.356 e. The molecular weight excluding hydrogens is 260 g/mol. The highest BCUT2D eigenvalue weighted by molar-refractivity contribution is 5.87. The molecule has 0 amide bonds. The summed E-state index contributed by atoms with van der Waals surface area (Å²) in [5.74, 6) is 2.34. The number of hydrogen-bond acceptors (Lipinski definition) is 3. The third-order valence-corrected chi connectivity index (χ3v) is 5.01. The molecule has 4 nitrogen and oxygen atoms in total. The Hall–Kier alpha value is -1.84. The lowest BCUT2D eigenvalue weighted by atomic mass is 9.76. The van der Waals surface area contributed by atoms with E-state index in [4.69, 9.17) is 0 Å². The van der Waals surface area contributed by atoms with Crippen LogP contribution in [-0.4, -0.2) is 28.0 Å². The van der Waals surface area contributed by atoms with Gasteiger partial charge in [-0.3, -0.25) is 0 Å². The van der Waals surface area contributed by atoms with Crippen LogP contribution in [0.3, 0.4) is 0 Å². The number of anilines is 1. The first-order valence-corrected chi connectivity index (χ1v) is 7.74. The molecule has 0 spiro atoms. The maximum absolute atomic E-state index is 4.53. The SMILES string of the molecule is C=C(C)[C@@H]1CCC(C)C(N(C)c2ncnc3[nH]ccc23)C1. The first-order valence-electron chi connectivity index (χ1n) is 7.74. The van der Waals surface area contributed by atoms with E-state index in [1.54, 1.807) is 6.33 Å². The summed E-state index contributed by atoms with van der Waals surface area (Å²) in [7, 11) is 2.16. The molecule has 1 aliphatic rings. The van der Waals surface area contributed by atoms with Crippen molar-refractivity contribution in [3.63, 3.8) is 0 Å². The van der Waals surface area contributed by atoms with Crippen molar-refractivity contribution in [2.75, 3.05) is 11.9 Å². The Morgan fingerprint density at radius 3 is 2.95 bits per heavy atom. The minimum atomic E-state index is 0.508. The fourth-order valence-corrected chi connectivity index (χ4v) is 3.58. The molecule has 0 radical (unpaired) electrons. The third-order valence-electron chi connectivity index (χ3n) is 5.01. The smallest absolute Gasteiger partial charge is 0.142 e. The standard InChI is InChI=1S/C17H24N4/c1-11(2)13-6-5-12(3)15(9-13)21(4)17-14-7-8-18-16(14)19-10-20-17/h7-8,10,12-13,15H,1,5-6,9H2,2-4H3,(H,18,19,20)/t12?,13-,15?/m1/s1. The van der Waals surface area contributed by atoms with Crippen molar-refractivity contribution < 1.29 is 0 Å². The number of nitrogens with one attached hydrogen (secondary N) is 1. The Balaban J connectivity index is 1.91. The van der Waals surface area contributed by atoms with Crippen LogP contribution in [0.2, 0.25) is 0 Å². The summed E-state index contributed by atoms with van der Waals surface area (Å²) in [6.45, 7) is 8.67. The molecule has 4 heteroatoms. The topological polar surface area (TPSA) is 44.8 Å². The average molecular weight is 284 g/mol. The molecule has 3 atom stereocenters. The van der Waals surface area contributed by atoms with E-state index in [2.05, 4.69) is 53.4 Å². The molecule has 1 saturated carbocycles. The average Bonchev–Trinajstić information content (AvgIpc) is 2.95. The van der Waals surface area contributed by atoms with E-state index in [1.165, 1.54) is 24.8 Å². The van der Waals surface area contributed by atoms with Gasteiger partial charge in [-0.25, -0.2) is 9.97 Å². The quantitative estimate of drug-likeness (QED) is 0.872. The summed E-state index contributed by atoms with van der Waals surface area (Å²) < 4.78 is 0. The molecule has 2 unspecified atom stereocenters. The molecule has 2 aromatic rings. The van der Waals surface area contributed by atoms with Gasteiger partial charge in [0, 0.05) is 19.3 Å². The molecular formula is C17H24N4. The van der Waals surface area contributed by atoms with Crippen LogP contribution >= 0.6 is 0 Å². The Bertz CT molecular complexity index is 645. The largest absolute Gasteiger partial charge is 0.356 e. The van der Waals surface area contributed by atoms with Gasteiger partial charge in [0.25, 0.3) is 0 Å². The fourth-order valence-electron chi connectivity index (χ4n) is 3.58. The first kappa shape index (κ1) is 14.1. The molecule has 1 fully saturated rings. The van der Waals surface area contributed by atoms with Crippen molar-refractivity contribution in [3.8, 4) is 0 Å². The maximum atomic E-state index is 4.53. The second-order valence-corrected chi connectivity index (χ2v) is 6.45. The van der Waals surface area contributed by atoms with Gasteiger partial charge in [-0.05, 0) is 44.1 Å². The number of H-pyrrole nitrogens is 1. The zero-order chi connectivity index (χ0) is 15.0. The highest BCUT2D eigenvalue weighted by atomic mass is 15.2. The molecule has 0 aromatic carbocycles. The number of allylic oxidation sites excluding steroid dienone is 1. The van der Waals surface area contributed by atoms with Crippen LogP contribution in [0, 0.1) is 11.8 Å². The van der Waals surface area contributed by atoms with Gasteiger partial charge in [-0.15, -0.1) is 0 Å². The molecule has 3 rings (SSSR count). The predicted molar refractivity (Wildman–Crippen MR) is 87.4 cm³/mol. The van der Waals surface area contributed by atoms with Gasteiger partial charge in [0.2, 0.25) is 0 Å². The van der Waals surface area contributed by atoms with Gasteiger partial charge in [-0.2, -0.15) is 0 Å².